The van der Waals surface area contributed by atoms with Crippen molar-refractivity contribution in [1.29, 1.82) is 0 Å². The summed E-state index contributed by atoms with van der Waals surface area (Å²) in [7, 11) is 1.56. The number of hydrogen-bond acceptors (Lipinski definition) is 4. The van der Waals surface area contributed by atoms with Crippen molar-refractivity contribution in [3.05, 3.63) is 60.7 Å². The zero-order valence-electron chi connectivity index (χ0n) is 13.5. The molecule has 25 heavy (non-hydrogen) atoms. The van der Waals surface area contributed by atoms with Crippen LogP contribution in [0.15, 0.2) is 60.7 Å². The molecule has 4 aromatic carbocycles. The molecule has 4 nitrogen and oxygen atoms in total. The van der Waals surface area contributed by atoms with Gasteiger partial charge in [0.1, 0.15) is 23.0 Å². The minimum atomic E-state index is 0.105. The van der Waals surface area contributed by atoms with Crippen LogP contribution in [-0.4, -0.2) is 22.4 Å². The van der Waals surface area contributed by atoms with E-state index in [1.54, 1.807) is 49.6 Å². The van der Waals surface area contributed by atoms with E-state index < -0.39 is 0 Å². The van der Waals surface area contributed by atoms with E-state index in [9.17, 15) is 15.3 Å². The van der Waals surface area contributed by atoms with Crippen LogP contribution in [0.5, 0.6) is 23.0 Å². The van der Waals surface area contributed by atoms with Crippen LogP contribution in [0.3, 0.4) is 0 Å². The maximum absolute atomic E-state index is 10.6. The first-order valence-electron chi connectivity index (χ1n) is 7.83. The van der Waals surface area contributed by atoms with Crippen molar-refractivity contribution in [2.75, 3.05) is 7.11 Å². The molecule has 4 heteroatoms. The number of methoxy groups -OCH3 is 1. The number of phenolic OH excluding ortho intramolecular Hbond substituents is 3. The lowest BCUT2D eigenvalue weighted by Gasteiger charge is -2.15. The van der Waals surface area contributed by atoms with Gasteiger partial charge in [0.05, 0.1) is 7.11 Å². The van der Waals surface area contributed by atoms with Gasteiger partial charge >= 0.3 is 0 Å². The molecule has 124 valence electrons. The van der Waals surface area contributed by atoms with E-state index in [2.05, 4.69) is 0 Å². The molecule has 0 saturated heterocycles. The highest BCUT2D eigenvalue weighted by Gasteiger charge is 2.16. The Bertz CT molecular complexity index is 1100. The van der Waals surface area contributed by atoms with Crippen LogP contribution < -0.4 is 4.74 Å². The smallest absolute Gasteiger partial charge is 0.131 e. The first kappa shape index (κ1) is 15.1. The van der Waals surface area contributed by atoms with Crippen molar-refractivity contribution in [2.24, 2.45) is 0 Å². The van der Waals surface area contributed by atoms with E-state index >= 15 is 0 Å². The summed E-state index contributed by atoms with van der Waals surface area (Å²) >= 11 is 0. The average molecular weight is 332 g/mol. The lowest BCUT2D eigenvalue weighted by Crippen LogP contribution is -1.90. The van der Waals surface area contributed by atoms with Gasteiger partial charge in [-0.15, -0.1) is 0 Å². The zero-order chi connectivity index (χ0) is 17.6. The second-order valence-corrected chi connectivity index (χ2v) is 5.91. The Morgan fingerprint density at radius 1 is 0.720 bits per heavy atom. The predicted octanol–water partition coefficient (Wildman–Crippen LogP) is 4.79. The molecule has 3 N–H and O–H groups in total. The lowest BCUT2D eigenvalue weighted by atomic mass is 9.93. The minimum absolute atomic E-state index is 0.105. The number of ether oxygens (including phenoxy) is 1. The van der Waals surface area contributed by atoms with Gasteiger partial charge in [0.25, 0.3) is 0 Å². The second kappa shape index (κ2) is 5.60. The Hall–Kier alpha value is -3.40. The van der Waals surface area contributed by atoms with Crippen LogP contribution in [-0.2, 0) is 0 Å². The third-order valence-corrected chi connectivity index (χ3v) is 4.42. The van der Waals surface area contributed by atoms with Crippen LogP contribution in [0.1, 0.15) is 0 Å². The summed E-state index contributed by atoms with van der Waals surface area (Å²) in [5.41, 5.74) is 1.46. The number of phenols is 3. The molecule has 0 aromatic heterocycles. The fourth-order valence-corrected chi connectivity index (χ4v) is 3.29. The summed E-state index contributed by atoms with van der Waals surface area (Å²) < 4.78 is 5.49. The SMILES string of the molecule is COc1cc(O)c(-c2ccc(O)cc2)c2ccc3cc(O)ccc3c12. The van der Waals surface area contributed by atoms with E-state index in [1.165, 1.54) is 0 Å². The van der Waals surface area contributed by atoms with Gasteiger partial charge in [-0.1, -0.05) is 24.3 Å². The molecule has 0 spiro atoms. The van der Waals surface area contributed by atoms with Gasteiger partial charge in [0.15, 0.2) is 0 Å². The second-order valence-electron chi connectivity index (χ2n) is 5.91. The number of fused-ring (bicyclic) bond motifs is 3. The van der Waals surface area contributed by atoms with E-state index in [4.69, 9.17) is 4.74 Å². The van der Waals surface area contributed by atoms with E-state index in [0.29, 0.717) is 11.3 Å². The van der Waals surface area contributed by atoms with Crippen molar-refractivity contribution in [2.45, 2.75) is 0 Å². The van der Waals surface area contributed by atoms with Gasteiger partial charge in [-0.2, -0.15) is 0 Å². The summed E-state index contributed by atoms with van der Waals surface area (Å²) in [4.78, 5) is 0. The first-order chi connectivity index (χ1) is 12.1. The highest BCUT2D eigenvalue weighted by atomic mass is 16.5. The van der Waals surface area contributed by atoms with Crippen molar-refractivity contribution >= 4 is 21.5 Å². The molecule has 0 amide bonds. The summed E-state index contributed by atoms with van der Waals surface area (Å²) in [6.07, 6.45) is 0. The van der Waals surface area contributed by atoms with Crippen molar-refractivity contribution in [3.8, 4) is 34.1 Å². The molecule has 0 aliphatic carbocycles. The molecule has 0 unspecified atom stereocenters. The molecule has 0 aliphatic rings. The molecule has 0 saturated carbocycles. The molecule has 0 atom stereocenters. The number of aromatic hydroxyl groups is 3. The Kier molecular flexibility index (Phi) is 3.39. The van der Waals surface area contributed by atoms with Crippen LogP contribution >= 0.6 is 0 Å². The Balaban J connectivity index is 2.15. The number of benzene rings is 4. The standard InChI is InChI=1S/C21H16O4/c1-25-19-11-18(24)20(12-2-5-14(22)6-3-12)17-8-4-13-10-15(23)7-9-16(13)21(17)19/h2-11,22-24H,1H3. The van der Waals surface area contributed by atoms with E-state index in [1.807, 2.05) is 18.2 Å². The zero-order valence-corrected chi connectivity index (χ0v) is 13.5. The number of hydrogen-bond donors (Lipinski definition) is 3. The van der Waals surface area contributed by atoms with Crippen molar-refractivity contribution in [1.82, 2.24) is 0 Å². The molecule has 0 fully saturated rings. The quantitative estimate of drug-likeness (QED) is 0.462. The number of rotatable bonds is 2. The van der Waals surface area contributed by atoms with Crippen molar-refractivity contribution < 1.29 is 20.1 Å². The molecule has 0 bridgehead atoms. The molecule has 0 radical (unpaired) electrons. The highest BCUT2D eigenvalue weighted by molar-refractivity contribution is 6.16. The maximum Gasteiger partial charge on any atom is 0.131 e. The van der Waals surface area contributed by atoms with Gasteiger partial charge in [-0.25, -0.2) is 0 Å². The van der Waals surface area contributed by atoms with Gasteiger partial charge in [-0.05, 0) is 52.1 Å². The first-order valence-corrected chi connectivity index (χ1v) is 7.83. The van der Waals surface area contributed by atoms with Crippen LogP contribution in [0, 0.1) is 0 Å². The van der Waals surface area contributed by atoms with Gasteiger partial charge in [-0.3, -0.25) is 0 Å². The van der Waals surface area contributed by atoms with E-state index in [-0.39, 0.29) is 17.2 Å². The molecule has 4 rings (SSSR count). The Morgan fingerprint density at radius 2 is 1.40 bits per heavy atom. The highest BCUT2D eigenvalue weighted by Crippen LogP contribution is 2.44. The monoisotopic (exact) mass is 332 g/mol. The molecule has 0 aliphatic heterocycles. The fourth-order valence-electron chi connectivity index (χ4n) is 3.29. The van der Waals surface area contributed by atoms with Gasteiger partial charge < -0.3 is 20.1 Å². The van der Waals surface area contributed by atoms with Crippen molar-refractivity contribution in [3.63, 3.8) is 0 Å². The predicted molar refractivity (Wildman–Crippen MR) is 98.4 cm³/mol. The van der Waals surface area contributed by atoms with Gasteiger partial charge in [0.2, 0.25) is 0 Å². The summed E-state index contributed by atoms with van der Waals surface area (Å²) in [6, 6.07) is 17.3. The van der Waals surface area contributed by atoms with E-state index in [0.717, 1.165) is 27.1 Å². The third kappa shape index (κ3) is 2.39. The minimum Gasteiger partial charge on any atom is -0.508 e. The largest absolute Gasteiger partial charge is 0.508 e. The Labute approximate surface area is 144 Å². The van der Waals surface area contributed by atoms with Crippen LogP contribution in [0.4, 0.5) is 0 Å². The molecular weight excluding hydrogens is 316 g/mol. The normalized spacial score (nSPS) is 11.1. The van der Waals surface area contributed by atoms with Crippen LogP contribution in [0.25, 0.3) is 32.7 Å². The molecule has 4 aromatic rings. The summed E-state index contributed by atoms with van der Waals surface area (Å²) in [5.74, 6) is 1.03. The van der Waals surface area contributed by atoms with Crippen LogP contribution in [0.2, 0.25) is 0 Å². The van der Waals surface area contributed by atoms with Gasteiger partial charge in [0, 0.05) is 17.0 Å². The average Bonchev–Trinajstić information content (AvgIpc) is 2.61. The third-order valence-electron chi connectivity index (χ3n) is 4.42. The summed E-state index contributed by atoms with van der Waals surface area (Å²) in [6.45, 7) is 0. The topological polar surface area (TPSA) is 69.9 Å². The fraction of sp³-hybridized carbons (Fsp3) is 0.0476. The maximum atomic E-state index is 10.6. The molecular formula is C21H16O4. The summed E-state index contributed by atoms with van der Waals surface area (Å²) in [5, 5.41) is 33.3. The Morgan fingerprint density at radius 3 is 2.12 bits per heavy atom. The lowest BCUT2D eigenvalue weighted by molar-refractivity contribution is 0.413. The molecule has 0 heterocycles.